The number of nitrogens with one attached hydrogen (secondary N) is 1. The third-order valence-corrected chi connectivity index (χ3v) is 3.46. The molecule has 0 aliphatic rings. The Labute approximate surface area is 130 Å². The average molecular weight is 352 g/mol. The standard InChI is InChI=1S/C14H14BrN3O3/c1-2-16-13-7-11(18(19)20)8-14(17-13)21-9-10-5-3-4-6-12(10)15/h3-8H,2,9H2,1H3,(H,16,17). The first-order valence-corrected chi connectivity index (χ1v) is 7.16. The summed E-state index contributed by atoms with van der Waals surface area (Å²) >= 11 is 3.43. The molecule has 1 heterocycles. The summed E-state index contributed by atoms with van der Waals surface area (Å²) in [6.45, 7) is 2.79. The molecule has 21 heavy (non-hydrogen) atoms. The summed E-state index contributed by atoms with van der Waals surface area (Å²) in [5, 5.41) is 13.9. The Hall–Kier alpha value is -2.15. The molecule has 0 amide bonds. The Morgan fingerprint density at radius 2 is 2.14 bits per heavy atom. The van der Waals surface area contributed by atoms with Gasteiger partial charge in [-0.2, -0.15) is 4.98 Å². The summed E-state index contributed by atoms with van der Waals surface area (Å²) in [4.78, 5) is 14.7. The van der Waals surface area contributed by atoms with Crippen molar-refractivity contribution in [3.63, 3.8) is 0 Å². The summed E-state index contributed by atoms with van der Waals surface area (Å²) in [6.07, 6.45) is 0. The van der Waals surface area contributed by atoms with E-state index in [1.165, 1.54) is 12.1 Å². The van der Waals surface area contributed by atoms with E-state index in [2.05, 4.69) is 26.2 Å². The van der Waals surface area contributed by atoms with Crippen LogP contribution in [0.1, 0.15) is 12.5 Å². The highest BCUT2D eigenvalue weighted by Crippen LogP contribution is 2.24. The summed E-state index contributed by atoms with van der Waals surface area (Å²) < 4.78 is 6.48. The average Bonchev–Trinajstić information content (AvgIpc) is 2.46. The lowest BCUT2D eigenvalue weighted by Gasteiger charge is -2.09. The Balaban J connectivity index is 2.19. The monoisotopic (exact) mass is 351 g/mol. The maximum absolute atomic E-state index is 10.9. The number of nitrogens with zero attached hydrogens (tertiary/aromatic N) is 2. The fraction of sp³-hybridized carbons (Fsp3) is 0.214. The van der Waals surface area contributed by atoms with E-state index in [4.69, 9.17) is 4.74 Å². The number of hydrogen-bond acceptors (Lipinski definition) is 5. The minimum Gasteiger partial charge on any atom is -0.473 e. The quantitative estimate of drug-likeness (QED) is 0.633. The highest BCUT2D eigenvalue weighted by Gasteiger charge is 2.12. The predicted molar refractivity (Wildman–Crippen MR) is 83.5 cm³/mol. The van der Waals surface area contributed by atoms with Crippen molar-refractivity contribution in [3.05, 3.63) is 56.5 Å². The fourth-order valence-corrected chi connectivity index (χ4v) is 2.11. The van der Waals surface area contributed by atoms with Crippen LogP contribution >= 0.6 is 15.9 Å². The molecule has 0 saturated heterocycles. The van der Waals surface area contributed by atoms with Crippen molar-refractivity contribution in [1.82, 2.24) is 4.98 Å². The lowest BCUT2D eigenvalue weighted by molar-refractivity contribution is -0.384. The molecule has 2 rings (SSSR count). The molecule has 2 aromatic rings. The van der Waals surface area contributed by atoms with E-state index in [0.29, 0.717) is 12.4 Å². The zero-order chi connectivity index (χ0) is 15.2. The third-order valence-electron chi connectivity index (χ3n) is 2.69. The molecule has 0 aliphatic heterocycles. The Morgan fingerprint density at radius 1 is 1.38 bits per heavy atom. The molecule has 0 radical (unpaired) electrons. The zero-order valence-corrected chi connectivity index (χ0v) is 13.0. The molecule has 110 valence electrons. The highest BCUT2D eigenvalue weighted by molar-refractivity contribution is 9.10. The van der Waals surface area contributed by atoms with Crippen molar-refractivity contribution in [2.45, 2.75) is 13.5 Å². The summed E-state index contributed by atoms with van der Waals surface area (Å²) in [5.74, 6) is 0.643. The van der Waals surface area contributed by atoms with Gasteiger partial charge in [0.1, 0.15) is 12.4 Å². The molecular formula is C14H14BrN3O3. The number of hydrogen-bond donors (Lipinski definition) is 1. The lowest BCUT2D eigenvalue weighted by Crippen LogP contribution is -2.04. The minimum absolute atomic E-state index is 0.0527. The van der Waals surface area contributed by atoms with Crippen molar-refractivity contribution in [2.75, 3.05) is 11.9 Å². The number of nitro groups is 1. The second-order valence-electron chi connectivity index (χ2n) is 4.22. The van der Waals surface area contributed by atoms with Crippen molar-refractivity contribution < 1.29 is 9.66 Å². The molecule has 1 N–H and O–H groups in total. The second-order valence-corrected chi connectivity index (χ2v) is 5.07. The molecule has 0 aliphatic carbocycles. The zero-order valence-electron chi connectivity index (χ0n) is 11.4. The maximum atomic E-state index is 10.9. The van der Waals surface area contributed by atoms with E-state index in [9.17, 15) is 10.1 Å². The van der Waals surface area contributed by atoms with Gasteiger partial charge in [-0.25, -0.2) is 0 Å². The van der Waals surface area contributed by atoms with Gasteiger partial charge >= 0.3 is 0 Å². The van der Waals surface area contributed by atoms with Crippen LogP contribution in [0.15, 0.2) is 40.9 Å². The van der Waals surface area contributed by atoms with Crippen molar-refractivity contribution in [2.24, 2.45) is 0 Å². The smallest absolute Gasteiger partial charge is 0.278 e. The Bertz CT molecular complexity index is 649. The van der Waals surface area contributed by atoms with Gasteiger partial charge in [-0.3, -0.25) is 10.1 Å². The van der Waals surface area contributed by atoms with Crippen LogP contribution in [0.25, 0.3) is 0 Å². The van der Waals surface area contributed by atoms with Crippen LogP contribution in [0.5, 0.6) is 5.88 Å². The Kier molecular flexibility index (Phi) is 5.10. The molecule has 0 saturated carbocycles. The number of pyridine rings is 1. The van der Waals surface area contributed by atoms with Gasteiger partial charge in [0.2, 0.25) is 5.88 Å². The first-order valence-electron chi connectivity index (χ1n) is 6.36. The summed E-state index contributed by atoms with van der Waals surface area (Å²) in [7, 11) is 0. The summed E-state index contributed by atoms with van der Waals surface area (Å²) in [5.41, 5.74) is 0.888. The molecule has 0 bridgehead atoms. The normalized spacial score (nSPS) is 10.2. The van der Waals surface area contributed by atoms with E-state index in [-0.39, 0.29) is 18.2 Å². The van der Waals surface area contributed by atoms with Crippen molar-refractivity contribution in [3.8, 4) is 5.88 Å². The fourth-order valence-electron chi connectivity index (χ4n) is 1.71. The molecule has 1 aromatic heterocycles. The van der Waals surface area contributed by atoms with E-state index >= 15 is 0 Å². The minimum atomic E-state index is -0.464. The maximum Gasteiger partial charge on any atom is 0.278 e. The van der Waals surface area contributed by atoms with Gasteiger partial charge in [-0.1, -0.05) is 34.1 Å². The van der Waals surface area contributed by atoms with E-state index < -0.39 is 4.92 Å². The number of ether oxygens (including phenoxy) is 1. The van der Waals surface area contributed by atoms with Gasteiger partial charge in [-0.05, 0) is 13.0 Å². The van der Waals surface area contributed by atoms with Crippen molar-refractivity contribution in [1.29, 1.82) is 0 Å². The van der Waals surface area contributed by atoms with Crippen LogP contribution in [-0.4, -0.2) is 16.5 Å². The van der Waals surface area contributed by atoms with Crippen LogP contribution in [0.2, 0.25) is 0 Å². The number of aromatic nitrogens is 1. The van der Waals surface area contributed by atoms with Gasteiger partial charge < -0.3 is 10.1 Å². The molecule has 0 spiro atoms. The number of halogens is 1. The van der Waals surface area contributed by atoms with Crippen molar-refractivity contribution >= 4 is 27.4 Å². The van der Waals surface area contributed by atoms with Crippen LogP contribution < -0.4 is 10.1 Å². The van der Waals surface area contributed by atoms with Gasteiger partial charge in [0.05, 0.1) is 17.1 Å². The number of benzene rings is 1. The van der Waals surface area contributed by atoms with E-state index in [1.807, 2.05) is 31.2 Å². The SMILES string of the molecule is CCNc1cc([N+](=O)[O-])cc(OCc2ccccc2Br)n1. The van der Waals surface area contributed by atoms with Gasteiger partial charge in [0.15, 0.2) is 0 Å². The molecule has 0 unspecified atom stereocenters. The molecule has 7 heteroatoms. The van der Waals surface area contributed by atoms with Crippen LogP contribution in [0.4, 0.5) is 11.5 Å². The second kappa shape index (κ2) is 7.03. The third kappa shape index (κ3) is 4.16. The molecular weight excluding hydrogens is 338 g/mol. The van der Waals surface area contributed by atoms with Crippen LogP contribution in [-0.2, 0) is 6.61 Å². The lowest BCUT2D eigenvalue weighted by atomic mass is 10.2. The Morgan fingerprint density at radius 3 is 2.81 bits per heavy atom. The largest absolute Gasteiger partial charge is 0.473 e. The highest BCUT2D eigenvalue weighted by atomic mass is 79.9. The first kappa shape index (κ1) is 15.2. The first-order chi connectivity index (χ1) is 10.1. The van der Waals surface area contributed by atoms with E-state index in [1.54, 1.807) is 0 Å². The van der Waals surface area contributed by atoms with Crippen LogP contribution in [0.3, 0.4) is 0 Å². The van der Waals surface area contributed by atoms with E-state index in [0.717, 1.165) is 10.0 Å². The predicted octanol–water partition coefficient (Wildman–Crippen LogP) is 3.76. The van der Waals surface area contributed by atoms with Gasteiger partial charge in [-0.15, -0.1) is 0 Å². The van der Waals surface area contributed by atoms with Gasteiger partial charge in [0.25, 0.3) is 5.69 Å². The molecule has 0 atom stereocenters. The topological polar surface area (TPSA) is 77.3 Å². The number of anilines is 1. The molecule has 6 nitrogen and oxygen atoms in total. The summed E-state index contributed by atoms with van der Waals surface area (Å²) in [6, 6.07) is 10.3. The van der Waals surface area contributed by atoms with Crippen LogP contribution in [0, 0.1) is 10.1 Å². The van der Waals surface area contributed by atoms with Gasteiger partial charge in [0, 0.05) is 16.6 Å². The molecule has 0 fully saturated rings. The number of rotatable bonds is 6. The molecule has 1 aromatic carbocycles.